The van der Waals surface area contributed by atoms with E-state index in [1.54, 1.807) is 30.2 Å². The predicted molar refractivity (Wildman–Crippen MR) is 81.2 cm³/mol. The Bertz CT molecular complexity index is 482. The van der Waals surface area contributed by atoms with Crippen molar-refractivity contribution in [3.8, 4) is 0 Å². The van der Waals surface area contributed by atoms with Crippen LogP contribution in [0.2, 0.25) is 5.15 Å². The standard InChI is InChI=1S/C14H20ClN3O3/c1-3-8-18(10-13(20)21-4-2)9-12(19)17-11-6-5-7-16-14(11)15/h5-7H,3-4,8-10H2,1-2H3,(H,17,19). The topological polar surface area (TPSA) is 71.5 Å². The highest BCUT2D eigenvalue weighted by molar-refractivity contribution is 6.32. The second-order valence-corrected chi connectivity index (χ2v) is 4.76. The molecule has 1 N–H and O–H groups in total. The lowest BCUT2D eigenvalue weighted by atomic mass is 10.3. The fourth-order valence-corrected chi connectivity index (χ4v) is 1.96. The van der Waals surface area contributed by atoms with E-state index < -0.39 is 0 Å². The molecule has 0 bridgehead atoms. The van der Waals surface area contributed by atoms with E-state index in [2.05, 4.69) is 10.3 Å². The molecule has 0 saturated carbocycles. The molecule has 0 fully saturated rings. The summed E-state index contributed by atoms with van der Waals surface area (Å²) in [6.45, 7) is 4.88. The van der Waals surface area contributed by atoms with Crippen LogP contribution in [0, 0.1) is 0 Å². The molecule has 0 aliphatic carbocycles. The van der Waals surface area contributed by atoms with Crippen LogP contribution in [0.4, 0.5) is 5.69 Å². The second kappa shape index (κ2) is 9.31. The van der Waals surface area contributed by atoms with Crippen molar-refractivity contribution in [1.29, 1.82) is 0 Å². The molecule has 0 atom stereocenters. The number of pyridine rings is 1. The maximum atomic E-state index is 12.0. The number of amides is 1. The van der Waals surface area contributed by atoms with E-state index in [-0.39, 0.29) is 30.1 Å². The van der Waals surface area contributed by atoms with Crippen LogP contribution in [-0.2, 0) is 14.3 Å². The summed E-state index contributed by atoms with van der Waals surface area (Å²) in [6.07, 6.45) is 2.38. The minimum Gasteiger partial charge on any atom is -0.465 e. The Balaban J connectivity index is 2.56. The number of hydrogen-bond donors (Lipinski definition) is 1. The SMILES string of the molecule is CCCN(CC(=O)Nc1cccnc1Cl)CC(=O)OCC. The molecule has 1 amide bonds. The number of nitrogens with zero attached hydrogens (tertiary/aromatic N) is 2. The van der Waals surface area contributed by atoms with Crippen LogP contribution in [0.1, 0.15) is 20.3 Å². The van der Waals surface area contributed by atoms with E-state index in [1.165, 1.54) is 0 Å². The lowest BCUT2D eigenvalue weighted by Crippen LogP contribution is -2.38. The van der Waals surface area contributed by atoms with Gasteiger partial charge in [-0.1, -0.05) is 18.5 Å². The molecule has 0 aliphatic heterocycles. The van der Waals surface area contributed by atoms with Gasteiger partial charge in [0.1, 0.15) is 0 Å². The number of anilines is 1. The van der Waals surface area contributed by atoms with Gasteiger partial charge in [0, 0.05) is 6.20 Å². The Hall–Kier alpha value is -1.66. The quantitative estimate of drug-likeness (QED) is 0.586. The first-order valence-corrected chi connectivity index (χ1v) is 7.23. The summed E-state index contributed by atoms with van der Waals surface area (Å²) in [6, 6.07) is 3.35. The van der Waals surface area contributed by atoms with Gasteiger partial charge in [-0.15, -0.1) is 0 Å². The maximum absolute atomic E-state index is 12.0. The van der Waals surface area contributed by atoms with Crippen molar-refractivity contribution in [2.45, 2.75) is 20.3 Å². The first-order chi connectivity index (χ1) is 10.1. The van der Waals surface area contributed by atoms with E-state index in [0.29, 0.717) is 18.8 Å². The molecule has 1 aromatic heterocycles. The zero-order chi connectivity index (χ0) is 15.7. The van der Waals surface area contributed by atoms with E-state index in [1.807, 2.05) is 6.92 Å². The van der Waals surface area contributed by atoms with Gasteiger partial charge in [-0.25, -0.2) is 4.98 Å². The number of rotatable bonds is 8. The second-order valence-electron chi connectivity index (χ2n) is 4.41. The van der Waals surface area contributed by atoms with Crippen molar-refractivity contribution in [3.63, 3.8) is 0 Å². The van der Waals surface area contributed by atoms with Gasteiger partial charge in [0.25, 0.3) is 0 Å². The molecule has 1 aromatic rings. The Kier molecular flexibility index (Phi) is 7.71. The highest BCUT2D eigenvalue weighted by Crippen LogP contribution is 2.17. The Morgan fingerprint density at radius 2 is 2.14 bits per heavy atom. The van der Waals surface area contributed by atoms with Crippen LogP contribution in [0.25, 0.3) is 0 Å². The zero-order valence-electron chi connectivity index (χ0n) is 12.3. The van der Waals surface area contributed by atoms with Crippen molar-refractivity contribution in [3.05, 3.63) is 23.5 Å². The fourth-order valence-electron chi connectivity index (χ4n) is 1.79. The molecule has 1 rings (SSSR count). The number of nitrogens with one attached hydrogen (secondary N) is 1. The zero-order valence-corrected chi connectivity index (χ0v) is 13.0. The first-order valence-electron chi connectivity index (χ1n) is 6.85. The number of carbonyl (C=O) groups is 2. The Morgan fingerprint density at radius 1 is 1.38 bits per heavy atom. The normalized spacial score (nSPS) is 10.5. The molecule has 1 heterocycles. The van der Waals surface area contributed by atoms with Crippen molar-refractivity contribution in [2.75, 3.05) is 31.6 Å². The summed E-state index contributed by atoms with van der Waals surface area (Å²) in [5.41, 5.74) is 0.455. The monoisotopic (exact) mass is 313 g/mol. The van der Waals surface area contributed by atoms with E-state index >= 15 is 0 Å². The number of hydrogen-bond acceptors (Lipinski definition) is 5. The van der Waals surface area contributed by atoms with Crippen LogP contribution in [-0.4, -0.2) is 48.0 Å². The highest BCUT2D eigenvalue weighted by Gasteiger charge is 2.15. The Morgan fingerprint density at radius 3 is 2.76 bits per heavy atom. The van der Waals surface area contributed by atoms with Gasteiger partial charge in [-0.3, -0.25) is 14.5 Å². The van der Waals surface area contributed by atoms with Gasteiger partial charge in [0.05, 0.1) is 25.4 Å². The molecule has 0 spiro atoms. The molecule has 116 valence electrons. The summed E-state index contributed by atoms with van der Waals surface area (Å²) in [4.78, 5) is 29.1. The number of ether oxygens (including phenoxy) is 1. The van der Waals surface area contributed by atoms with Gasteiger partial charge in [-0.2, -0.15) is 0 Å². The first kappa shape index (κ1) is 17.4. The summed E-state index contributed by atoms with van der Waals surface area (Å²) >= 11 is 5.88. The van der Waals surface area contributed by atoms with Crippen LogP contribution in [0.5, 0.6) is 0 Å². The van der Waals surface area contributed by atoms with Gasteiger partial charge in [0.15, 0.2) is 5.15 Å². The lowest BCUT2D eigenvalue weighted by molar-refractivity contribution is -0.144. The van der Waals surface area contributed by atoms with Gasteiger partial charge < -0.3 is 10.1 Å². The van der Waals surface area contributed by atoms with Crippen LogP contribution < -0.4 is 5.32 Å². The van der Waals surface area contributed by atoms with Crippen molar-refractivity contribution >= 4 is 29.2 Å². The Labute approximate surface area is 129 Å². The van der Waals surface area contributed by atoms with Gasteiger partial charge in [-0.05, 0) is 32.0 Å². The van der Waals surface area contributed by atoms with E-state index in [0.717, 1.165) is 6.42 Å². The van der Waals surface area contributed by atoms with Crippen molar-refractivity contribution in [1.82, 2.24) is 9.88 Å². The maximum Gasteiger partial charge on any atom is 0.320 e. The average Bonchev–Trinajstić information content (AvgIpc) is 2.41. The third-order valence-electron chi connectivity index (χ3n) is 2.60. The summed E-state index contributed by atoms with van der Waals surface area (Å²) in [5.74, 6) is -0.583. The van der Waals surface area contributed by atoms with Crippen molar-refractivity contribution in [2.24, 2.45) is 0 Å². The third-order valence-corrected chi connectivity index (χ3v) is 2.90. The predicted octanol–water partition coefficient (Wildman–Crippen LogP) is 1.95. The molecule has 0 radical (unpaired) electrons. The minimum absolute atomic E-state index is 0.0931. The smallest absolute Gasteiger partial charge is 0.320 e. The molecule has 7 heteroatoms. The molecule has 0 unspecified atom stereocenters. The van der Waals surface area contributed by atoms with Crippen LogP contribution >= 0.6 is 11.6 Å². The molecular weight excluding hydrogens is 294 g/mol. The van der Waals surface area contributed by atoms with Crippen molar-refractivity contribution < 1.29 is 14.3 Å². The fraction of sp³-hybridized carbons (Fsp3) is 0.500. The number of carbonyl (C=O) groups excluding carboxylic acids is 2. The molecule has 6 nitrogen and oxygen atoms in total. The average molecular weight is 314 g/mol. The molecule has 0 aliphatic rings. The highest BCUT2D eigenvalue weighted by atomic mass is 35.5. The summed E-state index contributed by atoms with van der Waals surface area (Å²) in [7, 11) is 0. The molecule has 21 heavy (non-hydrogen) atoms. The number of aromatic nitrogens is 1. The lowest BCUT2D eigenvalue weighted by Gasteiger charge is -2.20. The van der Waals surface area contributed by atoms with Crippen LogP contribution in [0.15, 0.2) is 18.3 Å². The third kappa shape index (κ3) is 6.55. The summed E-state index contributed by atoms with van der Waals surface area (Å²) in [5, 5.41) is 2.91. The van der Waals surface area contributed by atoms with E-state index in [4.69, 9.17) is 16.3 Å². The van der Waals surface area contributed by atoms with E-state index in [9.17, 15) is 9.59 Å². The number of esters is 1. The molecule has 0 saturated heterocycles. The minimum atomic E-state index is -0.335. The summed E-state index contributed by atoms with van der Waals surface area (Å²) < 4.78 is 4.89. The van der Waals surface area contributed by atoms with Gasteiger partial charge in [0.2, 0.25) is 5.91 Å². The molecular formula is C14H20ClN3O3. The largest absolute Gasteiger partial charge is 0.465 e. The van der Waals surface area contributed by atoms with Crippen LogP contribution in [0.3, 0.4) is 0 Å². The van der Waals surface area contributed by atoms with Gasteiger partial charge >= 0.3 is 5.97 Å². The number of halogens is 1. The molecule has 0 aromatic carbocycles.